The number of hydrogen-bond acceptors (Lipinski definition) is 2. The molecule has 106 valence electrons. The summed E-state index contributed by atoms with van der Waals surface area (Å²) >= 11 is 20.1. The fourth-order valence-electron chi connectivity index (χ4n) is 1.11. The Balaban J connectivity index is 0.000000741. The van der Waals surface area contributed by atoms with Crippen LogP contribution in [-0.4, -0.2) is 9.97 Å². The highest BCUT2D eigenvalue weighted by Gasteiger charge is 2.15. The molecule has 2 rings (SSSR count). The van der Waals surface area contributed by atoms with Crippen molar-refractivity contribution in [3.63, 3.8) is 0 Å². The molecule has 0 fully saturated rings. The van der Waals surface area contributed by atoms with Gasteiger partial charge in [-0.3, -0.25) is 0 Å². The standard InChI is InChI=1S/C8HBrCl3FN2.2C2H6/c9-4-3(10)1-2-6(5(4)13)14-8(12)15-7(2)11;2*1-2/h1H;2*1-2H3. The molecule has 2 aromatic rings. The molecule has 1 aromatic carbocycles. The minimum atomic E-state index is -0.608. The molecular weight excluding hydrogens is 377 g/mol. The first kappa shape index (κ1) is 18.8. The number of halogens is 5. The monoisotopic (exact) mass is 388 g/mol. The van der Waals surface area contributed by atoms with Crippen LogP contribution in [0.2, 0.25) is 15.5 Å². The minimum absolute atomic E-state index is 0.0382. The Morgan fingerprint density at radius 3 is 2.11 bits per heavy atom. The zero-order valence-electron chi connectivity index (χ0n) is 10.9. The maximum atomic E-state index is 13.7. The van der Waals surface area contributed by atoms with Crippen LogP contribution in [0, 0.1) is 5.82 Å². The zero-order valence-corrected chi connectivity index (χ0v) is 14.7. The van der Waals surface area contributed by atoms with Gasteiger partial charge in [0.05, 0.1) is 9.50 Å². The summed E-state index contributed by atoms with van der Waals surface area (Å²) in [5.41, 5.74) is 0.0382. The lowest BCUT2D eigenvalue weighted by Crippen LogP contribution is -1.92. The van der Waals surface area contributed by atoms with Crippen LogP contribution in [0.5, 0.6) is 0 Å². The highest BCUT2D eigenvalue weighted by Crippen LogP contribution is 2.34. The first-order chi connectivity index (χ1) is 9.00. The van der Waals surface area contributed by atoms with E-state index in [0.717, 1.165) is 0 Å². The van der Waals surface area contributed by atoms with Gasteiger partial charge in [-0.1, -0.05) is 50.9 Å². The summed E-state index contributed by atoms with van der Waals surface area (Å²) in [6.07, 6.45) is 0. The molecule has 1 heterocycles. The number of benzene rings is 1. The molecule has 0 atom stereocenters. The number of nitrogens with zero attached hydrogens (tertiary/aromatic N) is 2. The van der Waals surface area contributed by atoms with Crippen LogP contribution >= 0.6 is 50.7 Å². The molecule has 0 aliphatic carbocycles. The third kappa shape index (κ3) is 4.42. The van der Waals surface area contributed by atoms with Crippen LogP contribution in [0.3, 0.4) is 0 Å². The summed E-state index contributed by atoms with van der Waals surface area (Å²) in [5.74, 6) is -0.608. The van der Waals surface area contributed by atoms with E-state index < -0.39 is 5.82 Å². The van der Waals surface area contributed by atoms with Crippen LogP contribution in [0.25, 0.3) is 10.9 Å². The van der Waals surface area contributed by atoms with Crippen molar-refractivity contribution in [3.05, 3.63) is 31.8 Å². The van der Waals surface area contributed by atoms with Gasteiger partial charge in [-0.2, -0.15) is 0 Å². The Morgan fingerprint density at radius 1 is 1.05 bits per heavy atom. The fraction of sp³-hybridized carbons (Fsp3) is 0.333. The van der Waals surface area contributed by atoms with Crippen molar-refractivity contribution in [1.29, 1.82) is 0 Å². The van der Waals surface area contributed by atoms with E-state index >= 15 is 0 Å². The smallest absolute Gasteiger partial charge is 0.215 e. The topological polar surface area (TPSA) is 25.8 Å². The van der Waals surface area contributed by atoms with E-state index in [1.807, 2.05) is 27.7 Å². The van der Waals surface area contributed by atoms with Crippen LogP contribution in [0.4, 0.5) is 4.39 Å². The third-order valence-corrected chi connectivity index (χ3v) is 3.51. The maximum absolute atomic E-state index is 13.7. The molecule has 0 amide bonds. The number of hydrogen-bond donors (Lipinski definition) is 0. The molecule has 2 nitrogen and oxygen atoms in total. The van der Waals surface area contributed by atoms with Crippen molar-refractivity contribution in [2.24, 2.45) is 0 Å². The Bertz CT molecular complexity index is 564. The lowest BCUT2D eigenvalue weighted by atomic mass is 10.2. The third-order valence-electron chi connectivity index (χ3n) is 1.75. The second-order valence-corrected chi connectivity index (χ2v) is 4.56. The molecule has 0 N–H and O–H groups in total. The molecule has 0 bridgehead atoms. The summed E-state index contributed by atoms with van der Waals surface area (Å²) in [6, 6.07) is 1.47. The van der Waals surface area contributed by atoms with E-state index in [2.05, 4.69) is 25.9 Å². The van der Waals surface area contributed by atoms with E-state index in [0.29, 0.717) is 5.39 Å². The van der Waals surface area contributed by atoms with Crippen molar-refractivity contribution in [3.8, 4) is 0 Å². The van der Waals surface area contributed by atoms with Gasteiger partial charge in [0.25, 0.3) is 0 Å². The average molecular weight is 391 g/mol. The second kappa shape index (κ2) is 8.90. The van der Waals surface area contributed by atoms with Gasteiger partial charge in [-0.15, -0.1) is 0 Å². The predicted octanol–water partition coefficient (Wildman–Crippen LogP) is 6.54. The highest BCUT2D eigenvalue weighted by atomic mass is 79.9. The molecule has 0 saturated carbocycles. The van der Waals surface area contributed by atoms with E-state index in [4.69, 9.17) is 34.8 Å². The SMILES string of the molecule is CC.CC.Fc1c(Br)c(Cl)cc2c(Cl)nc(Cl)nc12. The van der Waals surface area contributed by atoms with Gasteiger partial charge in [-0.25, -0.2) is 14.4 Å². The van der Waals surface area contributed by atoms with Gasteiger partial charge in [-0.05, 0) is 33.6 Å². The molecule has 0 aliphatic heterocycles. The lowest BCUT2D eigenvalue weighted by Gasteiger charge is -2.04. The highest BCUT2D eigenvalue weighted by molar-refractivity contribution is 9.10. The Labute approximate surface area is 135 Å². The molecule has 1 aromatic heterocycles. The number of aromatic nitrogens is 2. The lowest BCUT2D eigenvalue weighted by molar-refractivity contribution is 0.630. The van der Waals surface area contributed by atoms with Gasteiger partial charge >= 0.3 is 0 Å². The first-order valence-electron chi connectivity index (χ1n) is 5.67. The summed E-state index contributed by atoms with van der Waals surface area (Å²) in [5, 5.41) is 0.485. The molecule has 0 saturated heterocycles. The van der Waals surface area contributed by atoms with Crippen LogP contribution in [0.1, 0.15) is 27.7 Å². The summed E-state index contributed by atoms with van der Waals surface area (Å²) in [6.45, 7) is 8.00. The van der Waals surface area contributed by atoms with Crippen LogP contribution < -0.4 is 0 Å². The van der Waals surface area contributed by atoms with E-state index in [1.54, 1.807) is 0 Å². The van der Waals surface area contributed by atoms with Crippen LogP contribution in [0.15, 0.2) is 10.5 Å². The zero-order chi connectivity index (χ0) is 15.2. The summed E-state index contributed by atoms with van der Waals surface area (Å²) in [4.78, 5) is 7.44. The largest absolute Gasteiger partial charge is 0.224 e. The molecular formula is C12H13BrCl3FN2. The maximum Gasteiger partial charge on any atom is 0.224 e. The molecule has 19 heavy (non-hydrogen) atoms. The van der Waals surface area contributed by atoms with Gasteiger partial charge < -0.3 is 0 Å². The predicted molar refractivity (Wildman–Crippen MR) is 84.9 cm³/mol. The average Bonchev–Trinajstić information content (AvgIpc) is 2.42. The molecule has 7 heteroatoms. The van der Waals surface area contributed by atoms with E-state index in [1.165, 1.54) is 6.07 Å². The minimum Gasteiger partial charge on any atom is -0.215 e. The van der Waals surface area contributed by atoms with Crippen molar-refractivity contribution in [2.45, 2.75) is 27.7 Å². The van der Waals surface area contributed by atoms with Gasteiger partial charge in [0.1, 0.15) is 10.7 Å². The number of fused-ring (bicyclic) bond motifs is 1. The van der Waals surface area contributed by atoms with Gasteiger partial charge in [0.2, 0.25) is 5.28 Å². The Hall–Kier alpha value is -0.160. The van der Waals surface area contributed by atoms with Crippen molar-refractivity contribution in [2.75, 3.05) is 0 Å². The van der Waals surface area contributed by atoms with E-state index in [9.17, 15) is 4.39 Å². The molecule has 0 spiro atoms. The molecule has 0 unspecified atom stereocenters. The molecule has 0 radical (unpaired) electrons. The Kier molecular flexibility index (Phi) is 8.83. The Morgan fingerprint density at radius 2 is 1.58 bits per heavy atom. The molecule has 0 aliphatic rings. The second-order valence-electron chi connectivity index (χ2n) is 2.67. The van der Waals surface area contributed by atoms with Crippen molar-refractivity contribution in [1.82, 2.24) is 9.97 Å². The van der Waals surface area contributed by atoms with Crippen molar-refractivity contribution < 1.29 is 4.39 Å². The van der Waals surface area contributed by atoms with Crippen molar-refractivity contribution >= 4 is 61.6 Å². The fourth-order valence-corrected chi connectivity index (χ4v) is 2.04. The van der Waals surface area contributed by atoms with Gasteiger partial charge in [0, 0.05) is 5.39 Å². The van der Waals surface area contributed by atoms with Gasteiger partial charge in [0.15, 0.2) is 5.82 Å². The summed E-state index contributed by atoms with van der Waals surface area (Å²) < 4.78 is 13.8. The first-order valence-corrected chi connectivity index (χ1v) is 7.59. The van der Waals surface area contributed by atoms with E-state index in [-0.39, 0.29) is 25.4 Å². The normalized spacial score (nSPS) is 9.32. The number of rotatable bonds is 0. The van der Waals surface area contributed by atoms with Crippen LogP contribution in [-0.2, 0) is 0 Å². The summed E-state index contributed by atoms with van der Waals surface area (Å²) in [7, 11) is 0. The quantitative estimate of drug-likeness (QED) is 0.290.